The second kappa shape index (κ2) is 11.2. The van der Waals surface area contributed by atoms with Crippen molar-refractivity contribution in [2.24, 2.45) is 0 Å². The number of aliphatic carboxylic acids is 2. The zero-order chi connectivity index (χ0) is 22.8. The average molecular weight is 434 g/mol. The Hall–Kier alpha value is -4.34. The molecule has 0 saturated heterocycles. The molecule has 0 fully saturated rings. The van der Waals surface area contributed by atoms with Crippen molar-refractivity contribution in [1.29, 1.82) is 0 Å². The van der Waals surface area contributed by atoms with Crippen LogP contribution in [-0.4, -0.2) is 51.2 Å². The van der Waals surface area contributed by atoms with Gasteiger partial charge in [-0.25, -0.2) is 9.97 Å². The van der Waals surface area contributed by atoms with Crippen LogP contribution < -0.4 is 0 Å². The lowest BCUT2D eigenvalue weighted by Gasteiger charge is -2.10. The molecule has 2 N–H and O–H groups in total. The van der Waals surface area contributed by atoms with E-state index in [4.69, 9.17) is 10.2 Å². The van der Waals surface area contributed by atoms with Crippen LogP contribution in [0.25, 0.3) is 11.6 Å². The van der Waals surface area contributed by atoms with Crippen molar-refractivity contribution in [2.75, 3.05) is 0 Å². The van der Waals surface area contributed by atoms with E-state index in [2.05, 4.69) is 29.1 Å². The van der Waals surface area contributed by atoms with Crippen molar-refractivity contribution in [2.45, 2.75) is 25.9 Å². The minimum Gasteiger partial charge on any atom is -0.481 e. The summed E-state index contributed by atoms with van der Waals surface area (Å²) in [6.45, 7) is 1.47. The van der Waals surface area contributed by atoms with Gasteiger partial charge in [0.2, 0.25) is 0 Å². The molecule has 164 valence electrons. The van der Waals surface area contributed by atoms with Crippen LogP contribution in [0.15, 0.2) is 73.8 Å². The van der Waals surface area contributed by atoms with Crippen LogP contribution in [0.2, 0.25) is 0 Å². The minimum atomic E-state index is -1.08. The highest BCUT2D eigenvalue weighted by molar-refractivity contribution is 5.75. The van der Waals surface area contributed by atoms with Crippen molar-refractivity contribution in [3.63, 3.8) is 0 Å². The molecule has 32 heavy (non-hydrogen) atoms. The van der Waals surface area contributed by atoms with E-state index in [1.165, 1.54) is 11.1 Å². The molecule has 0 spiro atoms. The number of carboxylic acid groups (broad SMARTS) is 2. The number of hydrogen-bond acceptors (Lipinski definition) is 6. The maximum atomic E-state index is 9.64. The molecular weight excluding hydrogens is 412 g/mol. The zero-order valence-electron chi connectivity index (χ0n) is 17.2. The smallest absolute Gasteiger partial charge is 0.303 e. The van der Waals surface area contributed by atoms with Crippen molar-refractivity contribution in [1.82, 2.24) is 29.1 Å². The van der Waals surface area contributed by atoms with Gasteiger partial charge in [0.25, 0.3) is 0 Å². The third-order valence-corrected chi connectivity index (χ3v) is 4.39. The first-order valence-corrected chi connectivity index (χ1v) is 9.77. The van der Waals surface area contributed by atoms with Crippen LogP contribution >= 0.6 is 0 Å². The minimum absolute atomic E-state index is 0.296. The third kappa shape index (κ3) is 6.59. The van der Waals surface area contributed by atoms with Gasteiger partial charge in [0.1, 0.15) is 0 Å². The van der Waals surface area contributed by atoms with Gasteiger partial charge in [0.15, 0.2) is 11.6 Å². The number of pyridine rings is 2. The molecule has 0 unspecified atom stereocenters. The van der Waals surface area contributed by atoms with E-state index in [-0.39, 0.29) is 12.8 Å². The first-order valence-electron chi connectivity index (χ1n) is 9.77. The number of nitrogens with zero attached hydrogens (tertiary/aromatic N) is 6. The second-order valence-electron chi connectivity index (χ2n) is 6.76. The van der Waals surface area contributed by atoms with Gasteiger partial charge in [-0.2, -0.15) is 0 Å². The summed E-state index contributed by atoms with van der Waals surface area (Å²) in [5, 5.41) is 15.8. The molecule has 4 aromatic rings. The Morgan fingerprint density at radius 1 is 0.656 bits per heavy atom. The number of imidazole rings is 2. The number of rotatable bonds is 8. The molecule has 4 aromatic heterocycles. The summed E-state index contributed by atoms with van der Waals surface area (Å²) in [6, 6.07) is 8.03. The maximum Gasteiger partial charge on any atom is 0.303 e. The molecule has 10 heteroatoms. The Bertz CT molecular complexity index is 1050. The van der Waals surface area contributed by atoms with E-state index >= 15 is 0 Å². The monoisotopic (exact) mass is 434 g/mol. The summed E-state index contributed by atoms with van der Waals surface area (Å²) in [6.07, 6.45) is 14.2. The van der Waals surface area contributed by atoms with Crippen LogP contribution in [0, 0.1) is 0 Å². The molecule has 0 aliphatic heterocycles. The topological polar surface area (TPSA) is 136 Å². The largest absolute Gasteiger partial charge is 0.481 e. The van der Waals surface area contributed by atoms with Crippen LogP contribution in [0.1, 0.15) is 24.0 Å². The van der Waals surface area contributed by atoms with Crippen LogP contribution in [0.5, 0.6) is 0 Å². The van der Waals surface area contributed by atoms with Crippen LogP contribution in [0.3, 0.4) is 0 Å². The fourth-order valence-corrected chi connectivity index (χ4v) is 2.87. The second-order valence-corrected chi connectivity index (χ2v) is 6.76. The Kier molecular flexibility index (Phi) is 7.79. The molecule has 0 bridgehead atoms. The molecule has 0 atom stereocenters. The zero-order valence-corrected chi connectivity index (χ0v) is 17.2. The van der Waals surface area contributed by atoms with Gasteiger partial charge in [-0.1, -0.05) is 0 Å². The highest BCUT2D eigenvalue weighted by Crippen LogP contribution is 2.18. The lowest BCUT2D eigenvalue weighted by molar-refractivity contribution is -0.143. The Morgan fingerprint density at radius 3 is 1.38 bits per heavy atom. The van der Waals surface area contributed by atoms with E-state index < -0.39 is 11.9 Å². The molecule has 0 aromatic carbocycles. The van der Waals surface area contributed by atoms with E-state index in [9.17, 15) is 9.59 Å². The van der Waals surface area contributed by atoms with Gasteiger partial charge in [0.05, 0.1) is 12.8 Å². The van der Waals surface area contributed by atoms with Gasteiger partial charge in [-0.05, 0) is 35.4 Å². The van der Waals surface area contributed by atoms with Gasteiger partial charge in [-0.15, -0.1) is 0 Å². The summed E-state index contributed by atoms with van der Waals surface area (Å²) in [4.78, 5) is 36.4. The summed E-state index contributed by atoms with van der Waals surface area (Å²) in [7, 11) is 0. The number of hydrogen-bond donors (Lipinski definition) is 2. The van der Waals surface area contributed by atoms with Gasteiger partial charge in [-0.3, -0.25) is 19.6 Å². The Morgan fingerprint density at radius 2 is 1.03 bits per heavy atom. The predicted octanol–water partition coefficient (Wildman–Crippen LogP) is 2.57. The molecule has 0 radical (unpaired) electrons. The Labute approximate surface area is 183 Å². The predicted molar refractivity (Wildman–Crippen MR) is 115 cm³/mol. The number of aromatic nitrogens is 6. The summed E-state index contributed by atoms with van der Waals surface area (Å²) < 4.78 is 4.20. The van der Waals surface area contributed by atoms with Crippen LogP contribution in [0.4, 0.5) is 0 Å². The first-order chi connectivity index (χ1) is 15.5. The molecule has 0 amide bonds. The van der Waals surface area contributed by atoms with Crippen molar-refractivity contribution >= 4 is 11.9 Å². The maximum absolute atomic E-state index is 9.64. The van der Waals surface area contributed by atoms with Crippen molar-refractivity contribution in [3.8, 4) is 11.6 Å². The summed E-state index contributed by atoms with van der Waals surface area (Å²) >= 11 is 0. The summed E-state index contributed by atoms with van der Waals surface area (Å²) in [5.74, 6) is -0.448. The van der Waals surface area contributed by atoms with E-state index in [1.807, 2.05) is 49.1 Å². The molecule has 0 aliphatic rings. The third-order valence-electron chi connectivity index (χ3n) is 4.39. The molecular formula is C22H22N6O4. The Balaban J connectivity index is 0.000000312. The van der Waals surface area contributed by atoms with Gasteiger partial charge >= 0.3 is 11.9 Å². The van der Waals surface area contributed by atoms with Gasteiger partial charge in [0, 0.05) is 62.7 Å². The van der Waals surface area contributed by atoms with Gasteiger partial charge < -0.3 is 19.3 Å². The highest BCUT2D eigenvalue weighted by atomic mass is 16.4. The fraction of sp³-hybridized carbons (Fsp3) is 0.182. The van der Waals surface area contributed by atoms with E-state index in [0.29, 0.717) is 0 Å². The molecule has 4 rings (SSSR count). The van der Waals surface area contributed by atoms with Crippen molar-refractivity contribution in [3.05, 3.63) is 85.0 Å². The van der Waals surface area contributed by atoms with Crippen molar-refractivity contribution < 1.29 is 19.8 Å². The fourth-order valence-electron chi connectivity index (χ4n) is 2.87. The van der Waals surface area contributed by atoms with Crippen LogP contribution in [-0.2, 0) is 22.7 Å². The highest BCUT2D eigenvalue weighted by Gasteiger charge is 2.13. The molecule has 10 nitrogen and oxygen atoms in total. The molecule has 4 heterocycles. The molecule has 0 aliphatic carbocycles. The lowest BCUT2D eigenvalue weighted by atomic mass is 10.2. The normalized spacial score (nSPS) is 10.2. The van der Waals surface area contributed by atoms with E-state index in [0.717, 1.165) is 24.7 Å². The quantitative estimate of drug-likeness (QED) is 0.432. The number of carboxylic acids is 2. The van der Waals surface area contributed by atoms with E-state index in [1.54, 1.807) is 24.8 Å². The number of carbonyl (C=O) groups is 2. The standard InChI is InChI=1S/C18H16N6.C4H6O4/c1-5-19-6-2-15(1)13-23-11-9-21-17(23)18-22-10-12-24(18)14-16-3-7-20-8-4-16;5-3(6)1-2-4(7)8/h1-12H,13-14H2;1-2H2,(H,5,6)(H,7,8). The lowest BCUT2D eigenvalue weighted by Crippen LogP contribution is -2.07. The average Bonchev–Trinajstić information content (AvgIpc) is 3.43. The summed E-state index contributed by atoms with van der Waals surface area (Å²) in [5.41, 5.74) is 2.35. The first kappa shape index (κ1) is 22.3. The molecule has 0 saturated carbocycles. The SMILES string of the molecule is O=C(O)CCC(=O)O.c1cc(Cn2ccnc2-c2nccn2Cc2ccncc2)ccn1.